The van der Waals surface area contributed by atoms with Crippen molar-refractivity contribution in [2.45, 2.75) is 212 Å². The topological polar surface area (TPSA) is 30.5 Å². The maximum atomic E-state index is 6.71. The number of rotatable bonds is 35. The van der Waals surface area contributed by atoms with Crippen LogP contribution >= 0.6 is 0 Å². The van der Waals surface area contributed by atoms with Gasteiger partial charge in [-0.15, -0.1) is 0 Å². The summed E-state index contributed by atoms with van der Waals surface area (Å²) in [6.45, 7) is 6.43. The zero-order valence-electron chi connectivity index (χ0n) is 31.9. The Morgan fingerprint density at radius 2 is 0.936 bits per heavy atom. The van der Waals surface area contributed by atoms with Crippen molar-refractivity contribution in [1.82, 2.24) is 5.32 Å². The Morgan fingerprint density at radius 1 is 0.511 bits per heavy atom. The zero-order chi connectivity index (χ0) is 33.8. The van der Waals surface area contributed by atoms with Crippen molar-refractivity contribution >= 4 is 0 Å². The molecule has 0 bridgehead atoms. The second-order valence-corrected chi connectivity index (χ2v) is 14.2. The SMILES string of the molecule is CCCCC/C=C\C/C=C\CCCCCCCCC1(CCCCCCCC/C=C\C/C=C\CCCCC)OCC(CCCCNC)O1. The molecule has 1 atom stereocenters. The van der Waals surface area contributed by atoms with Gasteiger partial charge in [0.25, 0.3) is 0 Å². The van der Waals surface area contributed by atoms with E-state index in [-0.39, 0.29) is 5.79 Å². The predicted molar refractivity (Wildman–Crippen MR) is 209 cm³/mol. The summed E-state index contributed by atoms with van der Waals surface area (Å²) in [4.78, 5) is 0. The molecule has 274 valence electrons. The van der Waals surface area contributed by atoms with Gasteiger partial charge in [0.05, 0.1) is 12.7 Å². The molecule has 1 fully saturated rings. The maximum Gasteiger partial charge on any atom is 0.168 e. The minimum Gasteiger partial charge on any atom is -0.347 e. The van der Waals surface area contributed by atoms with E-state index in [0.29, 0.717) is 6.10 Å². The quantitative estimate of drug-likeness (QED) is 0.0544. The van der Waals surface area contributed by atoms with Crippen molar-refractivity contribution < 1.29 is 9.47 Å². The molecule has 0 aliphatic carbocycles. The van der Waals surface area contributed by atoms with Crippen LogP contribution in [-0.4, -0.2) is 32.1 Å². The van der Waals surface area contributed by atoms with Crippen LogP contribution in [-0.2, 0) is 9.47 Å². The average molecular weight is 656 g/mol. The molecule has 1 N–H and O–H groups in total. The number of allylic oxidation sites excluding steroid dienone is 8. The highest BCUT2D eigenvalue weighted by Gasteiger charge is 2.40. The zero-order valence-corrected chi connectivity index (χ0v) is 31.9. The molecule has 0 amide bonds. The van der Waals surface area contributed by atoms with Crippen molar-refractivity contribution in [2.75, 3.05) is 20.2 Å². The number of unbranched alkanes of at least 4 members (excludes halogenated alkanes) is 19. The summed E-state index contributed by atoms with van der Waals surface area (Å²) in [5.41, 5.74) is 0. The lowest BCUT2D eigenvalue weighted by atomic mass is 9.98. The van der Waals surface area contributed by atoms with Gasteiger partial charge < -0.3 is 14.8 Å². The van der Waals surface area contributed by atoms with Crippen molar-refractivity contribution in [1.29, 1.82) is 0 Å². The summed E-state index contributed by atoms with van der Waals surface area (Å²) in [6, 6.07) is 0. The molecule has 0 saturated carbocycles. The maximum absolute atomic E-state index is 6.71. The van der Waals surface area contributed by atoms with Crippen molar-refractivity contribution in [2.24, 2.45) is 0 Å². The highest BCUT2D eigenvalue weighted by molar-refractivity contribution is 4.93. The fourth-order valence-electron chi connectivity index (χ4n) is 6.58. The van der Waals surface area contributed by atoms with Gasteiger partial charge in [0.1, 0.15) is 0 Å². The van der Waals surface area contributed by atoms with Gasteiger partial charge in [0.2, 0.25) is 0 Å². The Balaban J connectivity index is 2.18. The van der Waals surface area contributed by atoms with Crippen LogP contribution in [0.5, 0.6) is 0 Å². The van der Waals surface area contributed by atoms with Gasteiger partial charge in [-0.2, -0.15) is 0 Å². The first kappa shape index (κ1) is 43.9. The lowest BCUT2D eigenvalue weighted by Crippen LogP contribution is -2.31. The van der Waals surface area contributed by atoms with E-state index in [1.165, 1.54) is 154 Å². The van der Waals surface area contributed by atoms with E-state index in [2.05, 4.69) is 67.8 Å². The van der Waals surface area contributed by atoms with Crippen LogP contribution in [0.1, 0.15) is 200 Å². The summed E-state index contributed by atoms with van der Waals surface area (Å²) < 4.78 is 13.2. The Kier molecular flexibility index (Phi) is 32.4. The Morgan fingerprint density at radius 3 is 1.38 bits per heavy atom. The number of nitrogens with one attached hydrogen (secondary N) is 1. The third kappa shape index (κ3) is 28.4. The molecule has 1 heterocycles. The molecular weight excluding hydrogens is 574 g/mol. The second-order valence-electron chi connectivity index (χ2n) is 14.2. The molecule has 1 unspecified atom stereocenters. The Bertz CT molecular complexity index is 706. The second kappa shape index (κ2) is 34.7. The molecular formula is C44H81NO2. The summed E-state index contributed by atoms with van der Waals surface area (Å²) in [6.07, 6.45) is 55.9. The summed E-state index contributed by atoms with van der Waals surface area (Å²) in [5, 5.41) is 3.27. The fourth-order valence-corrected chi connectivity index (χ4v) is 6.58. The van der Waals surface area contributed by atoms with E-state index in [1.807, 2.05) is 7.05 Å². The van der Waals surface area contributed by atoms with Gasteiger partial charge in [-0.3, -0.25) is 0 Å². The fraction of sp³-hybridized carbons (Fsp3) is 0.818. The largest absolute Gasteiger partial charge is 0.347 e. The Labute approximate surface area is 294 Å². The van der Waals surface area contributed by atoms with Crippen LogP contribution in [0.25, 0.3) is 0 Å². The lowest BCUT2D eigenvalue weighted by molar-refractivity contribution is -0.180. The van der Waals surface area contributed by atoms with E-state index >= 15 is 0 Å². The number of ether oxygens (including phenoxy) is 2. The van der Waals surface area contributed by atoms with Crippen molar-refractivity contribution in [3.05, 3.63) is 48.6 Å². The van der Waals surface area contributed by atoms with E-state index in [1.54, 1.807) is 0 Å². The summed E-state index contributed by atoms with van der Waals surface area (Å²) in [7, 11) is 2.04. The van der Waals surface area contributed by atoms with Crippen LogP contribution in [0.4, 0.5) is 0 Å². The van der Waals surface area contributed by atoms with Gasteiger partial charge in [0, 0.05) is 12.8 Å². The molecule has 0 radical (unpaired) electrons. The third-order valence-electron chi connectivity index (χ3n) is 9.63. The lowest BCUT2D eigenvalue weighted by Gasteiger charge is -2.28. The summed E-state index contributed by atoms with van der Waals surface area (Å²) >= 11 is 0. The average Bonchev–Trinajstić information content (AvgIpc) is 3.49. The highest BCUT2D eigenvalue weighted by atomic mass is 16.7. The Hall–Kier alpha value is -1.16. The van der Waals surface area contributed by atoms with Gasteiger partial charge in [-0.05, 0) is 110 Å². The predicted octanol–water partition coefficient (Wildman–Crippen LogP) is 13.9. The normalized spacial score (nSPS) is 16.7. The minimum absolute atomic E-state index is 0.293. The molecule has 1 rings (SSSR count). The van der Waals surface area contributed by atoms with E-state index in [9.17, 15) is 0 Å². The molecule has 0 aromatic heterocycles. The number of hydrogen-bond acceptors (Lipinski definition) is 3. The molecule has 0 aromatic carbocycles. The molecule has 1 aliphatic rings. The van der Waals surface area contributed by atoms with Gasteiger partial charge in [-0.25, -0.2) is 0 Å². The molecule has 0 spiro atoms. The van der Waals surface area contributed by atoms with Gasteiger partial charge in [-0.1, -0.05) is 140 Å². The first-order valence-corrected chi connectivity index (χ1v) is 20.8. The van der Waals surface area contributed by atoms with Gasteiger partial charge in [0.15, 0.2) is 5.79 Å². The van der Waals surface area contributed by atoms with E-state index in [0.717, 1.165) is 45.3 Å². The molecule has 3 heteroatoms. The molecule has 3 nitrogen and oxygen atoms in total. The molecule has 1 aliphatic heterocycles. The molecule has 47 heavy (non-hydrogen) atoms. The summed E-state index contributed by atoms with van der Waals surface area (Å²) in [5.74, 6) is -0.307. The first-order chi connectivity index (χ1) is 23.3. The highest BCUT2D eigenvalue weighted by Crippen LogP contribution is 2.36. The van der Waals surface area contributed by atoms with E-state index < -0.39 is 0 Å². The van der Waals surface area contributed by atoms with Crippen LogP contribution < -0.4 is 5.32 Å². The van der Waals surface area contributed by atoms with Crippen LogP contribution in [0.3, 0.4) is 0 Å². The third-order valence-corrected chi connectivity index (χ3v) is 9.63. The van der Waals surface area contributed by atoms with Crippen LogP contribution in [0.15, 0.2) is 48.6 Å². The minimum atomic E-state index is -0.307. The molecule has 1 saturated heterocycles. The van der Waals surface area contributed by atoms with E-state index in [4.69, 9.17) is 9.47 Å². The first-order valence-electron chi connectivity index (χ1n) is 20.8. The monoisotopic (exact) mass is 656 g/mol. The van der Waals surface area contributed by atoms with Crippen LogP contribution in [0, 0.1) is 0 Å². The van der Waals surface area contributed by atoms with Crippen molar-refractivity contribution in [3.8, 4) is 0 Å². The standard InChI is InChI=1S/C44H81NO2/c1-4-6-8-10-12-14-16-18-20-22-24-26-28-30-32-35-39-44(46-42-43(47-44)38-34-37-41-45-3)40-36-33-31-29-27-25-23-21-19-17-15-13-11-9-7-5-2/h12-15,18-21,43,45H,4-11,16-17,22-42H2,1-3H3/b14-12-,15-13-,20-18-,21-19-. The molecule has 0 aromatic rings. The number of hydrogen-bond donors (Lipinski definition) is 1. The van der Waals surface area contributed by atoms with Gasteiger partial charge >= 0.3 is 0 Å². The van der Waals surface area contributed by atoms with Crippen molar-refractivity contribution in [3.63, 3.8) is 0 Å². The smallest absolute Gasteiger partial charge is 0.168 e. The van der Waals surface area contributed by atoms with Crippen LogP contribution in [0.2, 0.25) is 0 Å².